The van der Waals surface area contributed by atoms with Crippen LogP contribution in [0.2, 0.25) is 0 Å². The van der Waals surface area contributed by atoms with Crippen LogP contribution in [-0.4, -0.2) is 5.16 Å². The van der Waals surface area contributed by atoms with E-state index in [1.165, 1.54) is 5.56 Å². The SMILES string of the molecule is Cc1ccc(N=Nc2ccc(N=C=S)cc2)cc1. The molecular formula is C14H11N3S. The van der Waals surface area contributed by atoms with E-state index in [2.05, 4.69) is 32.6 Å². The summed E-state index contributed by atoms with van der Waals surface area (Å²) in [6, 6.07) is 15.2. The molecular weight excluding hydrogens is 242 g/mol. The number of azo groups is 1. The van der Waals surface area contributed by atoms with Crippen LogP contribution in [0.15, 0.2) is 63.8 Å². The molecule has 0 amide bonds. The van der Waals surface area contributed by atoms with Crippen molar-refractivity contribution in [2.24, 2.45) is 15.2 Å². The molecule has 0 saturated carbocycles. The molecule has 0 aromatic heterocycles. The largest absolute Gasteiger partial charge is 0.195 e. The number of rotatable bonds is 3. The number of benzene rings is 2. The van der Waals surface area contributed by atoms with Gasteiger partial charge in [0, 0.05) is 0 Å². The summed E-state index contributed by atoms with van der Waals surface area (Å²) in [6.45, 7) is 2.04. The minimum absolute atomic E-state index is 0.763. The Labute approximate surface area is 111 Å². The molecule has 0 spiro atoms. The highest BCUT2D eigenvalue weighted by Crippen LogP contribution is 2.21. The predicted molar refractivity (Wildman–Crippen MR) is 76.5 cm³/mol. The molecule has 2 aromatic rings. The molecule has 0 saturated heterocycles. The van der Waals surface area contributed by atoms with Crippen LogP contribution in [0.4, 0.5) is 17.1 Å². The number of thiocarbonyl (C=S) groups is 1. The third-order valence-electron chi connectivity index (χ3n) is 2.34. The van der Waals surface area contributed by atoms with Gasteiger partial charge in [0.15, 0.2) is 0 Å². The van der Waals surface area contributed by atoms with Gasteiger partial charge in [0.05, 0.1) is 22.2 Å². The Morgan fingerprint density at radius 1 is 0.778 bits per heavy atom. The summed E-state index contributed by atoms with van der Waals surface area (Å²) in [5, 5.41) is 10.6. The molecule has 88 valence electrons. The molecule has 3 nitrogen and oxygen atoms in total. The molecule has 0 unspecified atom stereocenters. The van der Waals surface area contributed by atoms with Gasteiger partial charge in [0.1, 0.15) is 0 Å². The molecule has 0 aliphatic heterocycles. The van der Waals surface area contributed by atoms with Crippen LogP contribution in [0, 0.1) is 6.92 Å². The first-order chi connectivity index (χ1) is 8.78. The lowest BCUT2D eigenvalue weighted by Gasteiger charge is -1.95. The van der Waals surface area contributed by atoms with Crippen LogP contribution in [0.25, 0.3) is 0 Å². The highest BCUT2D eigenvalue weighted by atomic mass is 32.1. The topological polar surface area (TPSA) is 37.1 Å². The molecule has 0 heterocycles. The highest BCUT2D eigenvalue weighted by molar-refractivity contribution is 7.78. The fraction of sp³-hybridized carbons (Fsp3) is 0.0714. The molecule has 0 radical (unpaired) electrons. The number of aryl methyl sites for hydroxylation is 1. The summed E-state index contributed by atoms with van der Waals surface area (Å²) in [5.41, 5.74) is 3.58. The summed E-state index contributed by atoms with van der Waals surface area (Å²) in [7, 11) is 0. The second-order valence-electron chi connectivity index (χ2n) is 3.76. The normalized spacial score (nSPS) is 10.3. The van der Waals surface area contributed by atoms with Gasteiger partial charge in [-0.3, -0.25) is 0 Å². The predicted octanol–water partition coefficient (Wildman–Crippen LogP) is 5.14. The second kappa shape index (κ2) is 5.96. The van der Waals surface area contributed by atoms with E-state index in [-0.39, 0.29) is 0 Å². The van der Waals surface area contributed by atoms with E-state index in [0.717, 1.165) is 17.1 Å². The van der Waals surface area contributed by atoms with Gasteiger partial charge in [0.25, 0.3) is 0 Å². The van der Waals surface area contributed by atoms with E-state index in [4.69, 9.17) is 0 Å². The molecule has 4 heteroatoms. The van der Waals surface area contributed by atoms with Gasteiger partial charge in [-0.2, -0.15) is 15.2 Å². The maximum absolute atomic E-state index is 4.53. The van der Waals surface area contributed by atoms with Crippen molar-refractivity contribution in [3.05, 3.63) is 54.1 Å². The molecule has 2 aromatic carbocycles. The summed E-state index contributed by atoms with van der Waals surface area (Å²) in [4.78, 5) is 3.87. The summed E-state index contributed by atoms with van der Waals surface area (Å²) in [6.07, 6.45) is 0. The Kier molecular flexibility index (Phi) is 4.07. The van der Waals surface area contributed by atoms with E-state index in [1.807, 2.05) is 55.5 Å². The lowest BCUT2D eigenvalue weighted by Crippen LogP contribution is -1.68. The maximum atomic E-state index is 4.53. The number of hydrogen-bond donors (Lipinski definition) is 0. The van der Waals surface area contributed by atoms with Gasteiger partial charge in [-0.1, -0.05) is 17.7 Å². The number of hydrogen-bond acceptors (Lipinski definition) is 4. The zero-order chi connectivity index (χ0) is 12.8. The summed E-state index contributed by atoms with van der Waals surface area (Å²) < 4.78 is 0. The highest BCUT2D eigenvalue weighted by Gasteiger charge is 1.92. The Bertz CT molecular complexity index is 594. The Morgan fingerprint density at radius 3 is 1.72 bits per heavy atom. The van der Waals surface area contributed by atoms with E-state index in [0.29, 0.717) is 0 Å². The van der Waals surface area contributed by atoms with Gasteiger partial charge < -0.3 is 0 Å². The van der Waals surface area contributed by atoms with Gasteiger partial charge in [-0.15, -0.1) is 0 Å². The average molecular weight is 253 g/mol. The molecule has 0 fully saturated rings. The fourth-order valence-corrected chi connectivity index (χ4v) is 1.48. The van der Waals surface area contributed by atoms with E-state index >= 15 is 0 Å². The lowest BCUT2D eigenvalue weighted by molar-refractivity contribution is 1.23. The van der Waals surface area contributed by atoms with Gasteiger partial charge in [-0.05, 0) is 55.5 Å². The van der Waals surface area contributed by atoms with E-state index in [1.54, 1.807) is 0 Å². The third kappa shape index (κ3) is 3.42. The Hall–Kier alpha value is -2.16. The average Bonchev–Trinajstić information content (AvgIpc) is 2.40. The number of aliphatic imine (C=N–C) groups is 1. The van der Waals surface area contributed by atoms with Crippen molar-refractivity contribution < 1.29 is 0 Å². The maximum Gasteiger partial charge on any atom is 0.0858 e. The quantitative estimate of drug-likeness (QED) is 0.423. The summed E-state index contributed by atoms with van der Waals surface area (Å²) >= 11 is 4.53. The molecule has 0 aliphatic carbocycles. The Balaban J connectivity index is 2.13. The third-order valence-corrected chi connectivity index (χ3v) is 2.43. The smallest absolute Gasteiger partial charge is 0.0858 e. The first-order valence-corrected chi connectivity index (χ1v) is 5.85. The molecule has 0 bridgehead atoms. The molecule has 0 atom stereocenters. The van der Waals surface area contributed by atoms with Crippen molar-refractivity contribution in [2.75, 3.05) is 0 Å². The fourth-order valence-electron chi connectivity index (χ4n) is 1.37. The molecule has 18 heavy (non-hydrogen) atoms. The minimum Gasteiger partial charge on any atom is -0.195 e. The van der Waals surface area contributed by atoms with Crippen LogP contribution in [0.3, 0.4) is 0 Å². The molecule has 0 aliphatic rings. The van der Waals surface area contributed by atoms with Crippen LogP contribution in [0.5, 0.6) is 0 Å². The van der Waals surface area contributed by atoms with Crippen LogP contribution < -0.4 is 0 Å². The minimum atomic E-state index is 0.763. The standard InChI is InChI=1S/C14H11N3S/c1-11-2-4-13(5-3-11)16-17-14-8-6-12(7-9-14)15-10-18/h2-9H,1H3. The first kappa shape index (κ1) is 12.3. The lowest BCUT2D eigenvalue weighted by atomic mass is 10.2. The van der Waals surface area contributed by atoms with Crippen LogP contribution in [0.1, 0.15) is 5.56 Å². The zero-order valence-corrected chi connectivity index (χ0v) is 10.7. The zero-order valence-electron chi connectivity index (χ0n) is 9.87. The van der Waals surface area contributed by atoms with E-state index in [9.17, 15) is 0 Å². The van der Waals surface area contributed by atoms with Crippen molar-refractivity contribution in [3.63, 3.8) is 0 Å². The van der Waals surface area contributed by atoms with Crippen molar-refractivity contribution >= 4 is 34.4 Å². The Morgan fingerprint density at radius 2 is 1.22 bits per heavy atom. The van der Waals surface area contributed by atoms with E-state index < -0.39 is 0 Å². The van der Waals surface area contributed by atoms with Crippen LogP contribution in [-0.2, 0) is 0 Å². The molecule has 2 rings (SSSR count). The molecule has 0 N–H and O–H groups in total. The van der Waals surface area contributed by atoms with Gasteiger partial charge >= 0.3 is 0 Å². The van der Waals surface area contributed by atoms with Crippen LogP contribution >= 0.6 is 12.2 Å². The van der Waals surface area contributed by atoms with Crippen molar-refractivity contribution in [1.82, 2.24) is 0 Å². The number of isothiocyanates is 1. The van der Waals surface area contributed by atoms with Crippen molar-refractivity contribution in [2.45, 2.75) is 6.92 Å². The van der Waals surface area contributed by atoms with Crippen molar-refractivity contribution in [3.8, 4) is 0 Å². The summed E-state index contributed by atoms with van der Waals surface area (Å²) in [5.74, 6) is 0. The first-order valence-electron chi connectivity index (χ1n) is 5.44. The van der Waals surface area contributed by atoms with Crippen molar-refractivity contribution in [1.29, 1.82) is 0 Å². The monoisotopic (exact) mass is 253 g/mol. The van der Waals surface area contributed by atoms with Gasteiger partial charge in [0.2, 0.25) is 0 Å². The van der Waals surface area contributed by atoms with Gasteiger partial charge in [-0.25, -0.2) is 0 Å². The second-order valence-corrected chi connectivity index (χ2v) is 3.94. The number of nitrogens with zero attached hydrogens (tertiary/aromatic N) is 3.